The van der Waals surface area contributed by atoms with Crippen LogP contribution in [-0.4, -0.2) is 75.4 Å². The number of imidazole rings is 1. The number of aldehydes is 1. The fourth-order valence-electron chi connectivity index (χ4n) is 4.27. The van der Waals surface area contributed by atoms with Gasteiger partial charge in [0, 0.05) is 63.4 Å². The van der Waals surface area contributed by atoms with E-state index in [0.717, 1.165) is 54.7 Å². The van der Waals surface area contributed by atoms with Gasteiger partial charge < -0.3 is 14.2 Å². The second-order valence-electron chi connectivity index (χ2n) is 8.69. The molecule has 6 nitrogen and oxygen atoms in total. The predicted octanol–water partition coefficient (Wildman–Crippen LogP) is 4.21. The van der Waals surface area contributed by atoms with E-state index in [1.165, 1.54) is 5.70 Å². The zero-order valence-electron chi connectivity index (χ0n) is 19.1. The van der Waals surface area contributed by atoms with Crippen molar-refractivity contribution in [3.8, 4) is 0 Å². The fourth-order valence-corrected chi connectivity index (χ4v) is 5.79. The van der Waals surface area contributed by atoms with Crippen molar-refractivity contribution >= 4 is 37.4 Å². The molecular weight excluding hydrogens is 441 g/mol. The summed E-state index contributed by atoms with van der Waals surface area (Å²) in [6.45, 7) is 10.8. The fraction of sp³-hybridized carbons (Fsp3) is 0.417. The number of rotatable bonds is 6. The van der Waals surface area contributed by atoms with Crippen LogP contribution in [0.15, 0.2) is 48.6 Å². The van der Waals surface area contributed by atoms with Gasteiger partial charge in [0.05, 0.1) is 22.2 Å². The first-order valence-corrected chi connectivity index (χ1v) is 12.5. The average Bonchev–Trinajstić information content (AvgIpc) is 3.15. The van der Waals surface area contributed by atoms with Gasteiger partial charge in [0.25, 0.3) is 0 Å². The van der Waals surface area contributed by atoms with Crippen LogP contribution in [0, 0.1) is 6.92 Å². The number of piperazine rings is 1. The Labute approximate surface area is 197 Å². The molecule has 0 amide bonds. The van der Waals surface area contributed by atoms with E-state index in [2.05, 4.69) is 58.9 Å². The highest BCUT2D eigenvalue weighted by Crippen LogP contribution is 2.41. The van der Waals surface area contributed by atoms with E-state index in [-0.39, 0.29) is 5.78 Å². The number of carbonyl (C=O) groups is 1. The minimum atomic E-state index is 0.195. The Morgan fingerprint density at radius 2 is 2.00 bits per heavy atom. The molecule has 4 rings (SSSR count). The molecule has 0 radical (unpaired) electrons. The number of halogens is 1. The van der Waals surface area contributed by atoms with Crippen LogP contribution in [0.3, 0.4) is 0 Å². The van der Waals surface area contributed by atoms with Crippen LogP contribution < -0.4 is 0 Å². The summed E-state index contributed by atoms with van der Waals surface area (Å²) < 4.78 is 1.94. The molecule has 2 aromatic rings. The molecule has 2 aromatic heterocycles. The molecule has 0 aromatic carbocycles. The number of allylic oxidation sites excluding steroid dienone is 2. The van der Waals surface area contributed by atoms with Crippen molar-refractivity contribution in [2.24, 2.45) is 0 Å². The largest absolute Gasteiger partial charge is 0.368 e. The molecule has 0 spiro atoms. The molecule has 1 fully saturated rings. The quantitative estimate of drug-likeness (QED) is 0.359. The zero-order chi connectivity index (χ0) is 22.8. The van der Waals surface area contributed by atoms with Gasteiger partial charge in [-0.1, -0.05) is 26.3 Å². The molecule has 0 bridgehead atoms. The van der Waals surface area contributed by atoms with Gasteiger partial charge in [-0.15, -0.1) is 0 Å². The Morgan fingerprint density at radius 1 is 1.25 bits per heavy atom. The van der Waals surface area contributed by atoms with Crippen molar-refractivity contribution in [3.05, 3.63) is 64.9 Å². The summed E-state index contributed by atoms with van der Waals surface area (Å²) in [6.07, 6.45) is 13.2. The van der Waals surface area contributed by atoms with E-state index in [9.17, 15) is 4.79 Å². The Kier molecular flexibility index (Phi) is 7.04. The summed E-state index contributed by atoms with van der Waals surface area (Å²) in [5.41, 5.74) is 3.86. The molecular formula is C24H31ClN5OP. The second kappa shape index (κ2) is 9.78. The SMILES string of the molecule is Cc1cn2cc(/C(=C/C=O)PC3C=CC(N4CCN(C(C)C)CC4)=CN3C)cc(Cl)c2n1. The third-order valence-corrected chi connectivity index (χ3v) is 8.05. The lowest BCUT2D eigenvalue weighted by atomic mass is 10.2. The van der Waals surface area contributed by atoms with Crippen molar-refractivity contribution in [3.63, 3.8) is 0 Å². The number of fused-ring (bicyclic) bond motifs is 1. The van der Waals surface area contributed by atoms with Crippen LogP contribution in [0.1, 0.15) is 25.1 Å². The zero-order valence-corrected chi connectivity index (χ0v) is 20.9. The third kappa shape index (κ3) is 4.93. The van der Waals surface area contributed by atoms with Gasteiger partial charge in [-0.25, -0.2) is 4.98 Å². The number of carbonyl (C=O) groups excluding carboxylic acids is 1. The number of likely N-dealkylation sites (N-methyl/N-ethyl adjacent to an activating group) is 1. The molecule has 2 aliphatic heterocycles. The summed E-state index contributed by atoms with van der Waals surface area (Å²) >= 11 is 6.49. The minimum Gasteiger partial charge on any atom is -0.368 e. The number of hydrogen-bond donors (Lipinski definition) is 0. The Hall–Kier alpha value is -2.14. The van der Waals surface area contributed by atoms with Crippen LogP contribution in [0.4, 0.5) is 0 Å². The summed E-state index contributed by atoms with van der Waals surface area (Å²) in [5.74, 6) is 0.195. The standard InChI is InChI=1S/C24H31ClN5OP/c1-17(2)28-8-10-29(11-9-28)20-5-6-23(27(4)16-20)32-22(7-12-31)19-13-21(25)24-26-18(3)14-30(24)15-19/h5-7,12-17,23,32H,8-11H2,1-4H3/b22-7-. The first-order valence-electron chi connectivity index (χ1n) is 11.0. The first-order chi connectivity index (χ1) is 15.4. The van der Waals surface area contributed by atoms with E-state index in [1.807, 2.05) is 29.8 Å². The number of aryl methyl sites for hydroxylation is 1. The monoisotopic (exact) mass is 471 g/mol. The van der Waals surface area contributed by atoms with Crippen molar-refractivity contribution in [2.75, 3.05) is 33.2 Å². The van der Waals surface area contributed by atoms with Crippen LogP contribution >= 0.6 is 20.2 Å². The van der Waals surface area contributed by atoms with Gasteiger partial charge in [0.1, 0.15) is 6.29 Å². The molecule has 170 valence electrons. The highest BCUT2D eigenvalue weighted by atomic mass is 35.5. The molecule has 4 heterocycles. The van der Waals surface area contributed by atoms with Gasteiger partial charge in [0.15, 0.2) is 5.65 Å². The van der Waals surface area contributed by atoms with Crippen LogP contribution in [0.2, 0.25) is 5.02 Å². The van der Waals surface area contributed by atoms with Crippen LogP contribution in [-0.2, 0) is 4.79 Å². The van der Waals surface area contributed by atoms with E-state index in [0.29, 0.717) is 19.6 Å². The topological polar surface area (TPSA) is 44.1 Å². The molecule has 2 aliphatic rings. The molecule has 0 saturated carbocycles. The number of pyridine rings is 1. The normalized spacial score (nSPS) is 20.8. The number of nitrogens with zero attached hydrogens (tertiary/aromatic N) is 5. The summed E-state index contributed by atoms with van der Waals surface area (Å²) in [5, 5.41) is 1.58. The third-order valence-electron chi connectivity index (χ3n) is 6.11. The van der Waals surface area contributed by atoms with Gasteiger partial charge in [0.2, 0.25) is 0 Å². The van der Waals surface area contributed by atoms with Crippen molar-refractivity contribution in [1.29, 1.82) is 0 Å². The highest BCUT2D eigenvalue weighted by molar-refractivity contribution is 7.51. The molecule has 0 aliphatic carbocycles. The maximum Gasteiger partial charge on any atom is 0.155 e. The van der Waals surface area contributed by atoms with E-state index < -0.39 is 0 Å². The summed E-state index contributed by atoms with van der Waals surface area (Å²) in [7, 11) is 2.52. The lowest BCUT2D eigenvalue weighted by Gasteiger charge is -2.40. The Balaban J connectivity index is 1.48. The average molecular weight is 472 g/mol. The molecule has 2 atom stereocenters. The maximum atomic E-state index is 11.4. The van der Waals surface area contributed by atoms with Crippen molar-refractivity contribution in [2.45, 2.75) is 32.6 Å². The maximum absolute atomic E-state index is 11.4. The Morgan fingerprint density at radius 3 is 2.66 bits per heavy atom. The van der Waals surface area contributed by atoms with Gasteiger partial charge in [-0.3, -0.25) is 9.69 Å². The van der Waals surface area contributed by atoms with Gasteiger partial charge in [-0.2, -0.15) is 0 Å². The van der Waals surface area contributed by atoms with Crippen LogP contribution in [0.25, 0.3) is 11.0 Å². The lowest BCUT2D eigenvalue weighted by molar-refractivity contribution is -0.104. The molecule has 0 N–H and O–H groups in total. The summed E-state index contributed by atoms with van der Waals surface area (Å²) in [4.78, 5) is 23.1. The second-order valence-corrected chi connectivity index (χ2v) is 10.5. The molecule has 8 heteroatoms. The van der Waals surface area contributed by atoms with Crippen molar-refractivity contribution in [1.82, 2.24) is 24.1 Å². The first kappa shape index (κ1) is 23.0. The molecule has 2 unspecified atom stereocenters. The number of hydrogen-bond acceptors (Lipinski definition) is 5. The molecule has 32 heavy (non-hydrogen) atoms. The minimum absolute atomic E-state index is 0.195. The van der Waals surface area contributed by atoms with Crippen molar-refractivity contribution < 1.29 is 4.79 Å². The Bertz CT molecular complexity index is 1080. The number of aromatic nitrogens is 2. The molecule has 1 saturated heterocycles. The highest BCUT2D eigenvalue weighted by Gasteiger charge is 2.23. The van der Waals surface area contributed by atoms with E-state index in [4.69, 9.17) is 11.6 Å². The smallest absolute Gasteiger partial charge is 0.155 e. The van der Waals surface area contributed by atoms with Gasteiger partial charge in [-0.05, 0) is 44.3 Å². The van der Waals surface area contributed by atoms with Crippen LogP contribution in [0.5, 0.6) is 0 Å². The van der Waals surface area contributed by atoms with Gasteiger partial charge >= 0.3 is 0 Å². The predicted molar refractivity (Wildman–Crippen MR) is 134 cm³/mol. The summed E-state index contributed by atoms with van der Waals surface area (Å²) in [6, 6.07) is 2.51. The lowest BCUT2D eigenvalue weighted by Crippen LogP contribution is -2.48. The van der Waals surface area contributed by atoms with E-state index in [1.54, 1.807) is 6.08 Å². The van der Waals surface area contributed by atoms with E-state index >= 15 is 0 Å².